The lowest BCUT2D eigenvalue weighted by Crippen LogP contribution is -2.25. The van der Waals surface area contributed by atoms with Crippen molar-refractivity contribution in [1.29, 1.82) is 0 Å². The molecule has 0 radical (unpaired) electrons. The Balaban J connectivity index is 1.42. The number of ether oxygens (including phenoxy) is 1. The Labute approximate surface area is 137 Å². The van der Waals surface area contributed by atoms with Crippen LogP contribution in [0.2, 0.25) is 0 Å². The van der Waals surface area contributed by atoms with Gasteiger partial charge in [-0.15, -0.1) is 23.1 Å². The first-order valence-corrected chi connectivity index (χ1v) is 9.43. The number of thioether (sulfide) groups is 1. The molecule has 1 aliphatic heterocycles. The van der Waals surface area contributed by atoms with Crippen molar-refractivity contribution in [3.05, 3.63) is 16.8 Å². The van der Waals surface area contributed by atoms with E-state index in [0.717, 1.165) is 41.5 Å². The van der Waals surface area contributed by atoms with Gasteiger partial charge in [0.15, 0.2) is 0 Å². The van der Waals surface area contributed by atoms with E-state index < -0.39 is 0 Å². The summed E-state index contributed by atoms with van der Waals surface area (Å²) in [5.74, 6) is 0.959. The van der Waals surface area contributed by atoms with Crippen molar-refractivity contribution in [2.45, 2.75) is 30.7 Å². The maximum atomic E-state index is 11.4. The molecule has 1 amide bonds. The summed E-state index contributed by atoms with van der Waals surface area (Å²) in [7, 11) is 0. The molecule has 0 unspecified atom stereocenters. The van der Waals surface area contributed by atoms with Gasteiger partial charge < -0.3 is 9.64 Å². The van der Waals surface area contributed by atoms with Crippen molar-refractivity contribution < 1.29 is 9.53 Å². The van der Waals surface area contributed by atoms with Gasteiger partial charge in [0.2, 0.25) is 0 Å². The molecular weight excluding hydrogens is 318 g/mol. The number of fused-ring (bicyclic) bond motifs is 3. The number of cyclic esters (lactones) is 1. The smallest absolute Gasteiger partial charge is 0.409 e. The quantitative estimate of drug-likeness (QED) is 0.477. The van der Waals surface area contributed by atoms with Crippen molar-refractivity contribution in [3.8, 4) is 0 Å². The second-order valence-corrected chi connectivity index (χ2v) is 7.69. The van der Waals surface area contributed by atoms with Gasteiger partial charge in [0.1, 0.15) is 22.8 Å². The Bertz CT molecular complexity index is 716. The number of rotatable bonds is 5. The molecule has 2 aliphatic rings. The third-order valence-corrected chi connectivity index (χ3v) is 6.40. The fourth-order valence-corrected chi connectivity index (χ4v) is 5.31. The summed E-state index contributed by atoms with van der Waals surface area (Å²) < 4.78 is 4.94. The molecule has 5 nitrogen and oxygen atoms in total. The topological polar surface area (TPSA) is 55.3 Å². The van der Waals surface area contributed by atoms with Crippen LogP contribution in [0.15, 0.2) is 11.4 Å². The molecule has 0 saturated carbocycles. The Morgan fingerprint density at radius 3 is 3.18 bits per heavy atom. The van der Waals surface area contributed by atoms with Crippen LogP contribution >= 0.6 is 23.1 Å². The minimum Gasteiger partial charge on any atom is -0.448 e. The van der Waals surface area contributed by atoms with E-state index in [1.165, 1.54) is 28.7 Å². The van der Waals surface area contributed by atoms with Crippen molar-refractivity contribution in [2.75, 3.05) is 25.4 Å². The zero-order chi connectivity index (χ0) is 14.9. The number of carbonyl (C=O) groups is 1. The van der Waals surface area contributed by atoms with Crippen molar-refractivity contribution in [3.63, 3.8) is 0 Å². The zero-order valence-electron chi connectivity index (χ0n) is 12.2. The molecule has 2 aromatic heterocycles. The van der Waals surface area contributed by atoms with E-state index in [2.05, 4.69) is 9.97 Å². The third-order valence-electron chi connectivity index (χ3n) is 4.12. The average Bonchev–Trinajstić information content (AvgIpc) is 3.19. The van der Waals surface area contributed by atoms with Gasteiger partial charge in [-0.1, -0.05) is 0 Å². The largest absolute Gasteiger partial charge is 0.448 e. The van der Waals surface area contributed by atoms with Gasteiger partial charge in [-0.2, -0.15) is 0 Å². The van der Waals surface area contributed by atoms with E-state index in [1.54, 1.807) is 23.0 Å². The predicted molar refractivity (Wildman–Crippen MR) is 87.7 cm³/mol. The van der Waals surface area contributed by atoms with E-state index in [4.69, 9.17) is 4.74 Å². The van der Waals surface area contributed by atoms with E-state index in [1.807, 2.05) is 11.3 Å². The Morgan fingerprint density at radius 2 is 2.32 bits per heavy atom. The summed E-state index contributed by atoms with van der Waals surface area (Å²) in [5, 5.41) is 2.39. The fourth-order valence-electron chi connectivity index (χ4n) is 3.06. The maximum absolute atomic E-state index is 11.4. The molecule has 22 heavy (non-hydrogen) atoms. The van der Waals surface area contributed by atoms with Gasteiger partial charge in [0, 0.05) is 22.6 Å². The normalized spacial score (nSPS) is 17.3. The summed E-state index contributed by atoms with van der Waals surface area (Å²) in [6, 6.07) is 0. The lowest BCUT2D eigenvalue weighted by molar-refractivity contribution is 0.158. The minimum atomic E-state index is -0.176. The summed E-state index contributed by atoms with van der Waals surface area (Å²) in [4.78, 5) is 24.7. The zero-order valence-corrected chi connectivity index (χ0v) is 13.8. The van der Waals surface area contributed by atoms with Crippen LogP contribution in [0.4, 0.5) is 4.79 Å². The summed E-state index contributed by atoms with van der Waals surface area (Å²) in [5.41, 5.74) is 1.48. The molecular formula is C15H17N3O2S2. The van der Waals surface area contributed by atoms with Crippen LogP contribution in [0.1, 0.15) is 23.3 Å². The molecule has 2 aromatic rings. The van der Waals surface area contributed by atoms with Gasteiger partial charge in [-0.05, 0) is 31.2 Å². The van der Waals surface area contributed by atoms with Crippen LogP contribution in [0.3, 0.4) is 0 Å². The van der Waals surface area contributed by atoms with Gasteiger partial charge in [-0.3, -0.25) is 0 Å². The van der Waals surface area contributed by atoms with Gasteiger partial charge in [0.05, 0.1) is 6.54 Å². The van der Waals surface area contributed by atoms with Crippen LogP contribution in [0.25, 0.3) is 10.2 Å². The van der Waals surface area contributed by atoms with E-state index in [-0.39, 0.29) is 6.09 Å². The molecule has 4 rings (SSSR count). The number of nitrogens with zero attached hydrogens (tertiary/aromatic N) is 3. The summed E-state index contributed by atoms with van der Waals surface area (Å²) in [6.07, 6.45) is 6.07. The highest BCUT2D eigenvalue weighted by molar-refractivity contribution is 7.99. The van der Waals surface area contributed by atoms with Crippen LogP contribution in [0.5, 0.6) is 0 Å². The van der Waals surface area contributed by atoms with Crippen molar-refractivity contribution in [1.82, 2.24) is 14.9 Å². The number of aryl methyl sites for hydroxylation is 2. The number of carbonyl (C=O) groups excluding carboxylic acids is 1. The monoisotopic (exact) mass is 335 g/mol. The Kier molecular flexibility index (Phi) is 3.92. The minimum absolute atomic E-state index is 0.176. The number of thiophene rings is 1. The Hall–Kier alpha value is -1.34. The highest BCUT2D eigenvalue weighted by atomic mass is 32.2. The number of aromatic nitrogens is 2. The maximum Gasteiger partial charge on any atom is 0.409 e. The van der Waals surface area contributed by atoms with Crippen LogP contribution in [-0.2, 0) is 17.6 Å². The lowest BCUT2D eigenvalue weighted by Gasteiger charge is -2.11. The molecule has 1 fully saturated rings. The second kappa shape index (κ2) is 6.04. The van der Waals surface area contributed by atoms with E-state index in [0.29, 0.717) is 6.61 Å². The van der Waals surface area contributed by atoms with Crippen LogP contribution in [-0.4, -0.2) is 46.4 Å². The highest BCUT2D eigenvalue weighted by Crippen LogP contribution is 2.40. The molecule has 7 heteroatoms. The molecule has 0 N–H and O–H groups in total. The average molecular weight is 335 g/mol. The lowest BCUT2D eigenvalue weighted by atomic mass is 10.2. The molecule has 1 saturated heterocycles. The second-order valence-electron chi connectivity index (χ2n) is 5.52. The number of hydrogen-bond acceptors (Lipinski definition) is 6. The molecule has 3 heterocycles. The predicted octanol–water partition coefficient (Wildman–Crippen LogP) is 3.11. The third kappa shape index (κ3) is 2.56. The standard InChI is InChI=1S/C15H17N3O2S2/c19-15-18(6-7-20-15)5-2-8-21-13-12-10-3-1-4-11(10)22-14(12)17-9-16-13/h9H,1-8H2. The molecule has 1 aliphatic carbocycles. The number of hydrogen-bond donors (Lipinski definition) is 0. The molecule has 0 spiro atoms. The van der Waals surface area contributed by atoms with E-state index >= 15 is 0 Å². The SMILES string of the molecule is O=C1OCCN1CCCSc1ncnc2sc3c(c12)CCC3. The van der Waals surface area contributed by atoms with Crippen LogP contribution < -0.4 is 0 Å². The first-order valence-electron chi connectivity index (χ1n) is 7.62. The van der Waals surface area contributed by atoms with Gasteiger partial charge in [0.25, 0.3) is 0 Å². The van der Waals surface area contributed by atoms with Gasteiger partial charge in [-0.25, -0.2) is 14.8 Å². The first-order chi connectivity index (χ1) is 10.8. The molecule has 116 valence electrons. The summed E-state index contributed by atoms with van der Waals surface area (Å²) in [6.45, 7) is 2.01. The van der Waals surface area contributed by atoms with Gasteiger partial charge >= 0.3 is 6.09 Å². The van der Waals surface area contributed by atoms with Crippen molar-refractivity contribution in [2.24, 2.45) is 0 Å². The van der Waals surface area contributed by atoms with E-state index in [9.17, 15) is 4.79 Å². The fraction of sp³-hybridized carbons (Fsp3) is 0.533. The van der Waals surface area contributed by atoms with Crippen molar-refractivity contribution >= 4 is 39.4 Å². The molecule has 0 bridgehead atoms. The Morgan fingerprint density at radius 1 is 1.36 bits per heavy atom. The molecule has 0 atom stereocenters. The highest BCUT2D eigenvalue weighted by Gasteiger charge is 2.22. The first kappa shape index (κ1) is 14.3. The number of amides is 1. The summed E-state index contributed by atoms with van der Waals surface area (Å²) >= 11 is 3.61. The molecule has 0 aromatic carbocycles. The van der Waals surface area contributed by atoms with Crippen LogP contribution in [0, 0.1) is 0 Å².